The topological polar surface area (TPSA) is 45.5 Å². The van der Waals surface area contributed by atoms with Crippen molar-refractivity contribution in [2.45, 2.75) is 31.8 Å². The molecule has 1 N–H and O–H groups in total. The first-order valence-corrected chi connectivity index (χ1v) is 7.87. The van der Waals surface area contributed by atoms with Crippen LogP contribution in [0.1, 0.15) is 24.0 Å². The lowest BCUT2D eigenvalue weighted by Gasteiger charge is -2.17. The predicted octanol–water partition coefficient (Wildman–Crippen LogP) is 2.60. The number of carbonyl (C=O) groups excluding carboxylic acids is 1. The Hall–Kier alpha value is -2.07. The van der Waals surface area contributed by atoms with Crippen molar-refractivity contribution in [3.8, 4) is 0 Å². The summed E-state index contributed by atoms with van der Waals surface area (Å²) in [5.41, 5.74) is 2.46. The van der Waals surface area contributed by atoms with Gasteiger partial charge in [-0.05, 0) is 24.5 Å². The summed E-state index contributed by atoms with van der Waals surface area (Å²) in [6.45, 7) is 2.41. The van der Waals surface area contributed by atoms with Gasteiger partial charge in [-0.15, -0.1) is 0 Å². The van der Waals surface area contributed by atoms with E-state index in [1.807, 2.05) is 17.0 Å². The molecule has 2 aromatic rings. The number of likely N-dealkylation sites (tertiary alicyclic amines) is 1. The van der Waals surface area contributed by atoms with Gasteiger partial charge in [0.05, 0.1) is 12.5 Å². The monoisotopic (exact) mass is 298 g/mol. The molecule has 3 rings (SSSR count). The van der Waals surface area contributed by atoms with Gasteiger partial charge in [0.2, 0.25) is 5.91 Å². The lowest BCUT2D eigenvalue weighted by molar-refractivity contribution is -0.127. The van der Waals surface area contributed by atoms with E-state index in [1.165, 1.54) is 5.56 Å². The van der Waals surface area contributed by atoms with Crippen molar-refractivity contribution >= 4 is 5.91 Å². The summed E-state index contributed by atoms with van der Waals surface area (Å²) < 4.78 is 5.05. The van der Waals surface area contributed by atoms with Gasteiger partial charge < -0.3 is 14.6 Å². The largest absolute Gasteiger partial charge is 0.472 e. The van der Waals surface area contributed by atoms with Crippen LogP contribution in [0.25, 0.3) is 0 Å². The third kappa shape index (κ3) is 3.98. The van der Waals surface area contributed by atoms with Gasteiger partial charge in [0.25, 0.3) is 0 Å². The van der Waals surface area contributed by atoms with Crippen LogP contribution in [0.15, 0.2) is 53.3 Å². The first-order valence-electron chi connectivity index (χ1n) is 7.87. The van der Waals surface area contributed by atoms with Crippen LogP contribution in [-0.4, -0.2) is 29.9 Å². The highest BCUT2D eigenvalue weighted by atomic mass is 16.3. The molecule has 1 fully saturated rings. The highest BCUT2D eigenvalue weighted by Gasteiger charge is 2.28. The van der Waals surface area contributed by atoms with Crippen LogP contribution >= 0.6 is 0 Å². The van der Waals surface area contributed by atoms with Crippen molar-refractivity contribution in [1.82, 2.24) is 10.2 Å². The second kappa shape index (κ2) is 7.27. The molecular formula is C18H22N2O2. The third-order valence-electron chi connectivity index (χ3n) is 4.13. The van der Waals surface area contributed by atoms with Gasteiger partial charge in [-0.25, -0.2) is 0 Å². The second-order valence-corrected chi connectivity index (χ2v) is 5.84. The molecule has 4 nitrogen and oxygen atoms in total. The minimum Gasteiger partial charge on any atom is -0.472 e. The number of hydrogen-bond acceptors (Lipinski definition) is 3. The van der Waals surface area contributed by atoms with E-state index in [9.17, 15) is 4.79 Å². The Morgan fingerprint density at radius 1 is 1.18 bits per heavy atom. The summed E-state index contributed by atoms with van der Waals surface area (Å²) in [6.07, 6.45) is 6.05. The number of nitrogens with one attached hydrogen (secondary N) is 1. The molecule has 1 aromatic heterocycles. The summed E-state index contributed by atoms with van der Waals surface area (Å²) in [7, 11) is 0. The summed E-state index contributed by atoms with van der Waals surface area (Å²) in [6, 6.07) is 12.6. The van der Waals surface area contributed by atoms with E-state index in [0.29, 0.717) is 6.42 Å². The highest BCUT2D eigenvalue weighted by molar-refractivity contribution is 5.79. The predicted molar refractivity (Wildman–Crippen MR) is 85.3 cm³/mol. The normalized spacial score (nSPS) is 18.1. The number of carbonyl (C=O) groups is 1. The van der Waals surface area contributed by atoms with E-state index >= 15 is 0 Å². The van der Waals surface area contributed by atoms with Crippen LogP contribution in [0.2, 0.25) is 0 Å². The number of nitrogens with zero attached hydrogens (tertiary/aromatic N) is 1. The van der Waals surface area contributed by atoms with E-state index in [1.54, 1.807) is 12.5 Å². The Morgan fingerprint density at radius 3 is 2.82 bits per heavy atom. The molecule has 1 aromatic carbocycles. The number of benzene rings is 1. The van der Waals surface area contributed by atoms with Gasteiger partial charge in [-0.2, -0.15) is 0 Å². The van der Waals surface area contributed by atoms with Gasteiger partial charge in [-0.3, -0.25) is 4.79 Å². The first-order chi connectivity index (χ1) is 10.8. The zero-order valence-electron chi connectivity index (χ0n) is 12.7. The second-order valence-electron chi connectivity index (χ2n) is 5.84. The fourth-order valence-corrected chi connectivity index (χ4v) is 2.90. The Balaban J connectivity index is 1.40. The van der Waals surface area contributed by atoms with Crippen molar-refractivity contribution in [1.29, 1.82) is 0 Å². The van der Waals surface area contributed by atoms with E-state index in [-0.39, 0.29) is 11.9 Å². The molecule has 0 radical (unpaired) electrons. The molecule has 1 amide bonds. The van der Waals surface area contributed by atoms with Crippen molar-refractivity contribution in [3.05, 3.63) is 60.1 Å². The summed E-state index contributed by atoms with van der Waals surface area (Å²) in [5, 5.41) is 3.43. The maximum absolute atomic E-state index is 12.1. The van der Waals surface area contributed by atoms with Crippen LogP contribution in [0.5, 0.6) is 0 Å². The lowest BCUT2D eigenvalue weighted by atomic mass is 10.1. The molecule has 4 heteroatoms. The first kappa shape index (κ1) is 14.9. The third-order valence-corrected chi connectivity index (χ3v) is 4.13. The van der Waals surface area contributed by atoms with Crippen LogP contribution in [-0.2, 0) is 17.8 Å². The highest BCUT2D eigenvalue weighted by Crippen LogP contribution is 2.13. The van der Waals surface area contributed by atoms with E-state index in [2.05, 4.69) is 29.6 Å². The average molecular weight is 298 g/mol. The SMILES string of the molecule is O=C1C[C@@H](NCc2ccoc2)CN1CCCc1ccccc1. The molecule has 0 spiro atoms. The molecule has 116 valence electrons. The van der Waals surface area contributed by atoms with Crippen molar-refractivity contribution in [2.75, 3.05) is 13.1 Å². The maximum atomic E-state index is 12.1. The summed E-state index contributed by atoms with van der Waals surface area (Å²) >= 11 is 0. The molecule has 1 saturated heterocycles. The van der Waals surface area contributed by atoms with Crippen molar-refractivity contribution in [3.63, 3.8) is 0 Å². The number of aryl methyl sites for hydroxylation is 1. The smallest absolute Gasteiger partial charge is 0.224 e. The van der Waals surface area contributed by atoms with Crippen molar-refractivity contribution < 1.29 is 9.21 Å². The Bertz CT molecular complexity index is 580. The Morgan fingerprint density at radius 2 is 2.05 bits per heavy atom. The van der Waals surface area contributed by atoms with Crippen LogP contribution < -0.4 is 5.32 Å². The van der Waals surface area contributed by atoms with Crippen molar-refractivity contribution in [2.24, 2.45) is 0 Å². The van der Waals surface area contributed by atoms with Crippen LogP contribution in [0, 0.1) is 0 Å². The molecule has 0 aliphatic carbocycles. The maximum Gasteiger partial charge on any atom is 0.224 e. The number of rotatable bonds is 7. The van der Waals surface area contributed by atoms with Gasteiger partial charge in [0, 0.05) is 37.7 Å². The minimum atomic E-state index is 0.249. The van der Waals surface area contributed by atoms with E-state index < -0.39 is 0 Å². The number of furan rings is 1. The zero-order chi connectivity index (χ0) is 15.2. The van der Waals surface area contributed by atoms with E-state index in [0.717, 1.165) is 38.0 Å². The van der Waals surface area contributed by atoms with Gasteiger partial charge in [-0.1, -0.05) is 30.3 Å². The summed E-state index contributed by atoms with van der Waals surface area (Å²) in [4.78, 5) is 14.0. The molecule has 1 aliphatic rings. The Kier molecular flexibility index (Phi) is 4.91. The molecule has 0 unspecified atom stereocenters. The van der Waals surface area contributed by atoms with Gasteiger partial charge >= 0.3 is 0 Å². The minimum absolute atomic E-state index is 0.249. The quantitative estimate of drug-likeness (QED) is 0.854. The van der Waals surface area contributed by atoms with Gasteiger partial charge in [0.15, 0.2) is 0 Å². The molecule has 22 heavy (non-hydrogen) atoms. The Labute approximate surface area is 131 Å². The molecular weight excluding hydrogens is 276 g/mol. The fraction of sp³-hybridized carbons (Fsp3) is 0.389. The van der Waals surface area contributed by atoms with Crippen LogP contribution in [0.3, 0.4) is 0 Å². The number of amides is 1. The van der Waals surface area contributed by atoms with Gasteiger partial charge in [0.1, 0.15) is 0 Å². The fourth-order valence-electron chi connectivity index (χ4n) is 2.90. The van der Waals surface area contributed by atoms with Crippen LogP contribution in [0.4, 0.5) is 0 Å². The van der Waals surface area contributed by atoms with E-state index in [4.69, 9.17) is 4.42 Å². The standard InChI is InChI=1S/C18H22N2O2/c21-18-11-17(19-12-16-8-10-22-14-16)13-20(18)9-4-7-15-5-2-1-3-6-15/h1-3,5-6,8,10,14,17,19H,4,7,9,11-13H2/t17-/m1/s1. The lowest BCUT2D eigenvalue weighted by Crippen LogP contribution is -2.32. The molecule has 2 heterocycles. The summed E-state index contributed by atoms with van der Waals surface area (Å²) in [5.74, 6) is 0.262. The molecule has 0 saturated carbocycles. The zero-order valence-corrected chi connectivity index (χ0v) is 12.7. The molecule has 1 aliphatic heterocycles. The molecule has 0 bridgehead atoms. The average Bonchev–Trinajstić information content (AvgIpc) is 3.17. The number of hydrogen-bond donors (Lipinski definition) is 1. The molecule has 1 atom stereocenters.